The number of rotatable bonds is 8. The summed E-state index contributed by atoms with van der Waals surface area (Å²) in [6.07, 6.45) is 4.75. The second kappa shape index (κ2) is 10.8. The minimum atomic E-state index is -0.0163. The first-order valence-corrected chi connectivity index (χ1v) is 13.0. The molecule has 1 aliphatic heterocycles. The van der Waals surface area contributed by atoms with Crippen molar-refractivity contribution in [3.05, 3.63) is 84.4 Å². The van der Waals surface area contributed by atoms with Crippen LogP contribution in [0.1, 0.15) is 24.8 Å². The predicted octanol–water partition coefficient (Wildman–Crippen LogP) is 6.00. The minimum Gasteiger partial charge on any atom is -0.372 e. The molecule has 2 heterocycles. The summed E-state index contributed by atoms with van der Waals surface area (Å²) in [6.45, 7) is 3.06. The van der Waals surface area contributed by atoms with Crippen LogP contribution in [0.5, 0.6) is 0 Å². The molecule has 1 N–H and O–H groups in total. The second-order valence-electron chi connectivity index (χ2n) is 8.70. The minimum absolute atomic E-state index is 0.0163. The summed E-state index contributed by atoms with van der Waals surface area (Å²) >= 11 is 1.49. The zero-order chi connectivity index (χ0) is 23.2. The maximum Gasteiger partial charge on any atom is 0.234 e. The Morgan fingerprint density at radius 2 is 1.62 bits per heavy atom. The number of anilines is 2. The third-order valence-corrected chi connectivity index (χ3v) is 7.27. The predicted molar refractivity (Wildman–Crippen MR) is 142 cm³/mol. The first-order chi connectivity index (χ1) is 16.8. The van der Waals surface area contributed by atoms with Crippen LogP contribution in [0, 0.1) is 0 Å². The molecular formula is C28H30N4OS. The molecule has 1 aromatic heterocycles. The summed E-state index contributed by atoms with van der Waals surface area (Å²) in [6, 6.07) is 26.9. The fourth-order valence-electron chi connectivity index (χ4n) is 4.50. The number of carbonyl (C=O) groups excluding carboxylic acids is 1. The number of nitrogens with one attached hydrogen (secondary N) is 1. The van der Waals surface area contributed by atoms with Gasteiger partial charge in [-0.2, -0.15) is 0 Å². The molecule has 0 radical (unpaired) electrons. The van der Waals surface area contributed by atoms with Gasteiger partial charge >= 0.3 is 0 Å². The van der Waals surface area contributed by atoms with Gasteiger partial charge in [-0.1, -0.05) is 54.2 Å². The molecule has 34 heavy (non-hydrogen) atoms. The smallest absolute Gasteiger partial charge is 0.234 e. The van der Waals surface area contributed by atoms with E-state index in [9.17, 15) is 4.79 Å². The van der Waals surface area contributed by atoms with Gasteiger partial charge < -0.3 is 14.8 Å². The Kier molecular flexibility index (Phi) is 7.15. The van der Waals surface area contributed by atoms with Gasteiger partial charge in [0.2, 0.25) is 5.91 Å². The molecule has 3 aromatic carbocycles. The number of piperidine rings is 1. The summed E-state index contributed by atoms with van der Waals surface area (Å²) in [7, 11) is 0. The van der Waals surface area contributed by atoms with Crippen LogP contribution in [0.4, 0.5) is 11.4 Å². The standard InChI is InChI=1S/C28H30N4OS/c33-27(29-23-13-15-24(16-14-23)31-18-7-2-8-19-31)21-34-28-30-25-11-5-6-12-26(25)32(28)20-17-22-9-3-1-4-10-22/h1,3-6,9-16H,2,7-8,17-21H2,(H,29,33). The van der Waals surface area contributed by atoms with Crippen molar-refractivity contribution in [2.45, 2.75) is 37.4 Å². The van der Waals surface area contributed by atoms with Gasteiger partial charge in [0.25, 0.3) is 0 Å². The van der Waals surface area contributed by atoms with Crippen LogP contribution in [-0.4, -0.2) is 34.3 Å². The SMILES string of the molecule is O=C(CSc1nc2ccccc2n1CCc1ccccc1)Nc1ccc(N2CCCCC2)cc1. The Labute approximate surface area is 205 Å². The van der Waals surface area contributed by atoms with E-state index in [4.69, 9.17) is 4.98 Å². The van der Waals surface area contributed by atoms with E-state index in [2.05, 4.69) is 57.2 Å². The van der Waals surface area contributed by atoms with Crippen LogP contribution in [0.2, 0.25) is 0 Å². The summed E-state index contributed by atoms with van der Waals surface area (Å²) in [5.41, 5.74) is 5.44. The molecule has 6 heteroatoms. The third-order valence-electron chi connectivity index (χ3n) is 6.29. The Hall–Kier alpha value is -3.25. The number of thioether (sulfide) groups is 1. The lowest BCUT2D eigenvalue weighted by Gasteiger charge is -2.28. The zero-order valence-electron chi connectivity index (χ0n) is 19.3. The highest BCUT2D eigenvalue weighted by molar-refractivity contribution is 7.99. The quantitative estimate of drug-likeness (QED) is 0.321. The largest absolute Gasteiger partial charge is 0.372 e. The number of aryl methyl sites for hydroxylation is 2. The number of aromatic nitrogens is 2. The molecule has 0 aliphatic carbocycles. The first-order valence-electron chi connectivity index (χ1n) is 12.0. The lowest BCUT2D eigenvalue weighted by atomic mass is 10.1. The summed E-state index contributed by atoms with van der Waals surface area (Å²) in [4.78, 5) is 19.9. The maximum atomic E-state index is 12.7. The van der Waals surface area contributed by atoms with Crippen LogP contribution in [0.15, 0.2) is 84.0 Å². The summed E-state index contributed by atoms with van der Waals surface area (Å²) in [5, 5.41) is 3.92. The Bertz CT molecular complexity index is 1230. The van der Waals surface area contributed by atoms with Crippen molar-refractivity contribution >= 4 is 40.1 Å². The number of hydrogen-bond donors (Lipinski definition) is 1. The summed E-state index contributed by atoms with van der Waals surface area (Å²) in [5.74, 6) is 0.306. The molecule has 1 aliphatic rings. The molecule has 1 saturated heterocycles. The molecule has 0 unspecified atom stereocenters. The van der Waals surface area contributed by atoms with Crippen molar-refractivity contribution in [2.24, 2.45) is 0 Å². The van der Waals surface area contributed by atoms with Gasteiger partial charge in [0, 0.05) is 31.0 Å². The molecular weight excluding hydrogens is 440 g/mol. The highest BCUT2D eigenvalue weighted by Gasteiger charge is 2.14. The van der Waals surface area contributed by atoms with Gasteiger partial charge in [-0.05, 0) is 67.6 Å². The van der Waals surface area contributed by atoms with E-state index in [1.165, 1.54) is 42.3 Å². The van der Waals surface area contributed by atoms with Gasteiger partial charge in [0.05, 0.1) is 16.8 Å². The van der Waals surface area contributed by atoms with Gasteiger partial charge in [-0.15, -0.1) is 0 Å². The van der Waals surface area contributed by atoms with Gasteiger partial charge in [-0.25, -0.2) is 4.98 Å². The number of benzene rings is 3. The van der Waals surface area contributed by atoms with Crippen molar-refractivity contribution in [1.82, 2.24) is 9.55 Å². The number of fused-ring (bicyclic) bond motifs is 1. The molecule has 5 nitrogen and oxygen atoms in total. The molecule has 0 spiro atoms. The van der Waals surface area contributed by atoms with Gasteiger partial charge in [0.15, 0.2) is 5.16 Å². The van der Waals surface area contributed by atoms with Crippen molar-refractivity contribution in [2.75, 3.05) is 29.1 Å². The number of amides is 1. The average Bonchev–Trinajstić information content (AvgIpc) is 3.25. The molecule has 1 fully saturated rings. The topological polar surface area (TPSA) is 50.2 Å². The fourth-order valence-corrected chi connectivity index (χ4v) is 5.34. The normalized spacial score (nSPS) is 13.8. The first kappa shape index (κ1) is 22.5. The van der Waals surface area contributed by atoms with Gasteiger partial charge in [-0.3, -0.25) is 4.79 Å². The monoisotopic (exact) mass is 470 g/mol. The lowest BCUT2D eigenvalue weighted by molar-refractivity contribution is -0.113. The molecule has 1 amide bonds. The van der Waals surface area contributed by atoms with Crippen molar-refractivity contribution in [3.63, 3.8) is 0 Å². The van der Waals surface area contributed by atoms with Crippen molar-refractivity contribution in [1.29, 1.82) is 0 Å². The Balaban J connectivity index is 1.22. The van der Waals surface area contributed by atoms with E-state index in [-0.39, 0.29) is 5.91 Å². The average molecular weight is 471 g/mol. The second-order valence-corrected chi connectivity index (χ2v) is 9.64. The van der Waals surface area contributed by atoms with E-state index >= 15 is 0 Å². The number of nitrogens with zero attached hydrogens (tertiary/aromatic N) is 3. The highest BCUT2D eigenvalue weighted by atomic mass is 32.2. The molecule has 0 saturated carbocycles. The molecule has 5 rings (SSSR count). The number of hydrogen-bond acceptors (Lipinski definition) is 4. The van der Waals surface area contributed by atoms with Crippen molar-refractivity contribution in [3.8, 4) is 0 Å². The fraction of sp³-hybridized carbons (Fsp3) is 0.286. The maximum absolute atomic E-state index is 12.7. The van der Waals surface area contributed by atoms with E-state index < -0.39 is 0 Å². The molecule has 174 valence electrons. The van der Waals surface area contributed by atoms with Crippen LogP contribution in [0.3, 0.4) is 0 Å². The number of carbonyl (C=O) groups is 1. The zero-order valence-corrected chi connectivity index (χ0v) is 20.1. The van der Waals surface area contributed by atoms with Crippen LogP contribution < -0.4 is 10.2 Å². The molecule has 0 atom stereocenters. The van der Waals surface area contributed by atoms with Crippen LogP contribution >= 0.6 is 11.8 Å². The van der Waals surface area contributed by atoms with E-state index in [0.717, 1.165) is 47.9 Å². The summed E-state index contributed by atoms with van der Waals surface area (Å²) < 4.78 is 2.23. The van der Waals surface area contributed by atoms with Crippen LogP contribution in [0.25, 0.3) is 11.0 Å². The molecule has 0 bridgehead atoms. The highest BCUT2D eigenvalue weighted by Crippen LogP contribution is 2.26. The van der Waals surface area contributed by atoms with Crippen LogP contribution in [-0.2, 0) is 17.8 Å². The van der Waals surface area contributed by atoms with E-state index in [0.29, 0.717) is 5.75 Å². The third kappa shape index (κ3) is 5.45. The molecule has 4 aromatic rings. The number of imidazole rings is 1. The Morgan fingerprint density at radius 1 is 0.882 bits per heavy atom. The Morgan fingerprint density at radius 3 is 2.41 bits per heavy atom. The van der Waals surface area contributed by atoms with E-state index in [1.54, 1.807) is 0 Å². The number of para-hydroxylation sites is 2. The van der Waals surface area contributed by atoms with Gasteiger partial charge in [0.1, 0.15) is 0 Å². The van der Waals surface area contributed by atoms with E-state index in [1.807, 2.05) is 36.4 Å². The van der Waals surface area contributed by atoms with Crippen molar-refractivity contribution < 1.29 is 4.79 Å². The lowest BCUT2D eigenvalue weighted by Crippen LogP contribution is -2.29.